The minimum absolute atomic E-state index is 0.796. The van der Waals surface area contributed by atoms with Crippen LogP contribution in [0.25, 0.3) is 0 Å². The van der Waals surface area contributed by atoms with E-state index < -0.39 is 0 Å². The van der Waals surface area contributed by atoms with Gasteiger partial charge in [0.05, 0.1) is 0 Å². The lowest BCUT2D eigenvalue weighted by atomic mass is 10.0. The van der Waals surface area contributed by atoms with Gasteiger partial charge in [-0.05, 0) is 63.7 Å². The van der Waals surface area contributed by atoms with E-state index in [0.29, 0.717) is 0 Å². The minimum atomic E-state index is 0.796. The number of hydrogen-bond donors (Lipinski definition) is 0. The summed E-state index contributed by atoms with van der Waals surface area (Å²) in [5.74, 6) is 0.796. The van der Waals surface area contributed by atoms with Gasteiger partial charge in [-0.25, -0.2) is 0 Å². The molecule has 0 aromatic carbocycles. The highest BCUT2D eigenvalue weighted by atomic mass is 16.5. The van der Waals surface area contributed by atoms with Crippen molar-refractivity contribution in [3.05, 3.63) is 36.5 Å². The van der Waals surface area contributed by atoms with Gasteiger partial charge in [-0.2, -0.15) is 0 Å². The predicted molar refractivity (Wildman–Crippen MR) is 105 cm³/mol. The van der Waals surface area contributed by atoms with E-state index in [1.165, 1.54) is 64.2 Å². The molecule has 0 bridgehead atoms. The van der Waals surface area contributed by atoms with Crippen LogP contribution in [-0.2, 0) is 4.74 Å². The van der Waals surface area contributed by atoms with E-state index in [-0.39, 0.29) is 0 Å². The Morgan fingerprint density at radius 1 is 0.783 bits per heavy atom. The Morgan fingerprint density at radius 3 is 2.17 bits per heavy atom. The number of allylic oxidation sites excluding steroid dienone is 6. The highest BCUT2D eigenvalue weighted by molar-refractivity contribution is 4.93. The standard InChI is InChI=1S/C22H40O/c1-4-5-6-7-10-13-16-19-22(2)20-17-14-11-8-9-12-15-18-21-23-3/h8-10,13-14,17,22H,4-7,11-12,15-16,18-21H2,1-3H3/b9-8+,13-10-,17-14+. The third kappa shape index (κ3) is 19.1. The first kappa shape index (κ1) is 22.2. The summed E-state index contributed by atoms with van der Waals surface area (Å²) in [6, 6.07) is 0. The zero-order chi connectivity index (χ0) is 17.0. The van der Waals surface area contributed by atoms with Crippen LogP contribution in [0.4, 0.5) is 0 Å². The fourth-order valence-corrected chi connectivity index (χ4v) is 2.47. The first-order valence-electron chi connectivity index (χ1n) is 9.75. The lowest BCUT2D eigenvalue weighted by Crippen LogP contribution is -1.91. The Bertz CT molecular complexity index is 301. The number of ether oxygens (including phenoxy) is 1. The van der Waals surface area contributed by atoms with Crippen molar-refractivity contribution in [3.63, 3.8) is 0 Å². The van der Waals surface area contributed by atoms with Crippen LogP contribution < -0.4 is 0 Å². The van der Waals surface area contributed by atoms with E-state index in [0.717, 1.165) is 18.9 Å². The quantitative estimate of drug-likeness (QED) is 0.215. The van der Waals surface area contributed by atoms with E-state index in [1.807, 2.05) is 0 Å². The first-order chi connectivity index (χ1) is 11.3. The maximum atomic E-state index is 5.04. The molecule has 0 aliphatic rings. The monoisotopic (exact) mass is 320 g/mol. The number of hydrogen-bond acceptors (Lipinski definition) is 1. The molecule has 1 nitrogen and oxygen atoms in total. The van der Waals surface area contributed by atoms with Gasteiger partial charge in [-0.3, -0.25) is 0 Å². The van der Waals surface area contributed by atoms with Crippen LogP contribution in [0.2, 0.25) is 0 Å². The lowest BCUT2D eigenvalue weighted by molar-refractivity contribution is 0.193. The number of unbranched alkanes of at least 4 members (excludes halogenated alkanes) is 5. The van der Waals surface area contributed by atoms with Crippen LogP contribution in [0.15, 0.2) is 36.5 Å². The Kier molecular flexibility index (Phi) is 18.5. The lowest BCUT2D eigenvalue weighted by Gasteiger charge is -2.05. The highest BCUT2D eigenvalue weighted by Crippen LogP contribution is 2.12. The van der Waals surface area contributed by atoms with Crippen molar-refractivity contribution in [3.8, 4) is 0 Å². The van der Waals surface area contributed by atoms with Gasteiger partial charge in [0.1, 0.15) is 0 Å². The van der Waals surface area contributed by atoms with Crippen molar-refractivity contribution >= 4 is 0 Å². The summed E-state index contributed by atoms with van der Waals surface area (Å²) in [5.41, 5.74) is 0. The summed E-state index contributed by atoms with van der Waals surface area (Å²) in [4.78, 5) is 0. The number of rotatable bonds is 16. The fourth-order valence-electron chi connectivity index (χ4n) is 2.47. The largest absolute Gasteiger partial charge is 0.385 e. The summed E-state index contributed by atoms with van der Waals surface area (Å²) in [5, 5.41) is 0. The molecule has 0 spiro atoms. The molecule has 0 saturated carbocycles. The molecule has 0 rings (SSSR count). The van der Waals surface area contributed by atoms with E-state index in [9.17, 15) is 0 Å². The SMILES string of the molecule is CCCCC/C=C\CCC(C)C/C=C/C/C=C/CCCCOC. The van der Waals surface area contributed by atoms with Gasteiger partial charge in [0.2, 0.25) is 0 Å². The van der Waals surface area contributed by atoms with Crippen molar-refractivity contribution in [2.45, 2.75) is 84.5 Å². The molecule has 0 radical (unpaired) electrons. The second kappa shape index (κ2) is 19.2. The molecular weight excluding hydrogens is 280 g/mol. The van der Waals surface area contributed by atoms with Crippen LogP contribution in [0.1, 0.15) is 84.5 Å². The Morgan fingerprint density at radius 2 is 1.43 bits per heavy atom. The molecule has 0 aliphatic heterocycles. The molecule has 1 unspecified atom stereocenters. The van der Waals surface area contributed by atoms with Crippen molar-refractivity contribution in [2.75, 3.05) is 13.7 Å². The Labute approximate surface area is 145 Å². The molecule has 0 aliphatic carbocycles. The zero-order valence-corrected chi connectivity index (χ0v) is 15.9. The summed E-state index contributed by atoms with van der Waals surface area (Å²) in [6.45, 7) is 5.51. The molecule has 0 aromatic heterocycles. The van der Waals surface area contributed by atoms with Crippen LogP contribution in [-0.4, -0.2) is 13.7 Å². The van der Waals surface area contributed by atoms with E-state index >= 15 is 0 Å². The molecule has 1 atom stereocenters. The summed E-state index contributed by atoms with van der Waals surface area (Å²) < 4.78 is 5.04. The maximum absolute atomic E-state index is 5.04. The topological polar surface area (TPSA) is 9.23 Å². The van der Waals surface area contributed by atoms with Crippen LogP contribution in [0, 0.1) is 5.92 Å². The van der Waals surface area contributed by atoms with Gasteiger partial charge in [0.25, 0.3) is 0 Å². The van der Waals surface area contributed by atoms with E-state index in [1.54, 1.807) is 7.11 Å². The average Bonchev–Trinajstić information content (AvgIpc) is 2.55. The van der Waals surface area contributed by atoms with Crippen LogP contribution in [0.5, 0.6) is 0 Å². The van der Waals surface area contributed by atoms with E-state index in [4.69, 9.17) is 4.74 Å². The summed E-state index contributed by atoms with van der Waals surface area (Å²) in [7, 11) is 1.77. The normalized spacial score (nSPS) is 13.7. The molecule has 0 amide bonds. The second-order valence-corrected chi connectivity index (χ2v) is 6.55. The van der Waals surface area contributed by atoms with Gasteiger partial charge in [0, 0.05) is 13.7 Å². The molecule has 23 heavy (non-hydrogen) atoms. The van der Waals surface area contributed by atoms with Gasteiger partial charge in [-0.15, -0.1) is 0 Å². The Balaban J connectivity index is 3.43. The molecule has 134 valence electrons. The molecule has 0 fully saturated rings. The molecular formula is C22H40O. The van der Waals surface area contributed by atoms with Gasteiger partial charge in [-0.1, -0.05) is 63.1 Å². The smallest absolute Gasteiger partial charge is 0.0462 e. The predicted octanol–water partition coefficient (Wildman–Crippen LogP) is 7.25. The molecule has 0 aromatic rings. The van der Waals surface area contributed by atoms with Gasteiger partial charge >= 0.3 is 0 Å². The Hall–Kier alpha value is -0.820. The van der Waals surface area contributed by atoms with Crippen LogP contribution in [0.3, 0.4) is 0 Å². The van der Waals surface area contributed by atoms with Gasteiger partial charge < -0.3 is 4.74 Å². The van der Waals surface area contributed by atoms with Crippen molar-refractivity contribution in [2.24, 2.45) is 5.92 Å². The number of methoxy groups -OCH3 is 1. The zero-order valence-electron chi connectivity index (χ0n) is 15.9. The maximum Gasteiger partial charge on any atom is 0.0462 e. The summed E-state index contributed by atoms with van der Waals surface area (Å²) >= 11 is 0. The van der Waals surface area contributed by atoms with Crippen molar-refractivity contribution in [1.29, 1.82) is 0 Å². The average molecular weight is 321 g/mol. The summed E-state index contributed by atoms with van der Waals surface area (Å²) in [6.07, 6.45) is 27.7. The molecule has 0 saturated heterocycles. The van der Waals surface area contributed by atoms with Crippen molar-refractivity contribution in [1.82, 2.24) is 0 Å². The van der Waals surface area contributed by atoms with E-state index in [2.05, 4.69) is 50.3 Å². The van der Waals surface area contributed by atoms with Crippen LogP contribution >= 0.6 is 0 Å². The minimum Gasteiger partial charge on any atom is -0.385 e. The molecule has 0 N–H and O–H groups in total. The molecule has 1 heteroatoms. The second-order valence-electron chi connectivity index (χ2n) is 6.55. The first-order valence-corrected chi connectivity index (χ1v) is 9.75. The van der Waals surface area contributed by atoms with Gasteiger partial charge in [0.15, 0.2) is 0 Å². The van der Waals surface area contributed by atoms with Crippen molar-refractivity contribution < 1.29 is 4.74 Å². The third-order valence-corrected chi connectivity index (χ3v) is 4.08. The third-order valence-electron chi connectivity index (χ3n) is 4.08. The highest BCUT2D eigenvalue weighted by Gasteiger charge is 1.97. The fraction of sp³-hybridized carbons (Fsp3) is 0.727. The molecule has 0 heterocycles.